The second kappa shape index (κ2) is 5.77. The fraction of sp³-hybridized carbons (Fsp3) is 0.538. The number of nitrogens with zero attached hydrogens (tertiary/aromatic N) is 4. The first kappa shape index (κ1) is 13.5. The molecule has 104 valence electrons. The number of hydrogen-bond donors (Lipinski definition) is 1. The number of nitrogens with one attached hydrogen (secondary N) is 1. The van der Waals surface area contributed by atoms with E-state index in [1.165, 1.54) is 0 Å². The third-order valence-electron chi connectivity index (χ3n) is 3.21. The third-order valence-corrected chi connectivity index (χ3v) is 3.21. The largest absolute Gasteiger partial charge is 0.478 e. The molecule has 0 unspecified atom stereocenters. The van der Waals surface area contributed by atoms with E-state index in [1.54, 1.807) is 11.8 Å². The maximum atomic E-state index is 5.22. The van der Waals surface area contributed by atoms with Crippen LogP contribution in [0.25, 0.3) is 0 Å². The lowest BCUT2D eigenvalue weighted by molar-refractivity contribution is 0.393. The molecule has 0 spiro atoms. The minimum Gasteiger partial charge on any atom is -0.478 e. The molecule has 19 heavy (non-hydrogen) atoms. The molecule has 0 saturated heterocycles. The first-order valence-electron chi connectivity index (χ1n) is 6.49. The Balaban J connectivity index is 2.08. The van der Waals surface area contributed by atoms with Crippen molar-refractivity contribution in [3.8, 4) is 5.88 Å². The molecule has 2 aromatic rings. The van der Waals surface area contributed by atoms with E-state index in [0.29, 0.717) is 18.5 Å². The number of ether oxygens (including phenoxy) is 1. The van der Waals surface area contributed by atoms with Crippen molar-refractivity contribution in [2.24, 2.45) is 7.05 Å². The van der Waals surface area contributed by atoms with E-state index < -0.39 is 0 Å². The fourth-order valence-electron chi connectivity index (χ4n) is 1.98. The highest BCUT2D eigenvalue weighted by molar-refractivity contribution is 5.51. The molecule has 0 aromatic carbocycles. The van der Waals surface area contributed by atoms with Crippen molar-refractivity contribution in [2.75, 3.05) is 12.4 Å². The number of aromatic nitrogens is 4. The zero-order valence-electron chi connectivity index (χ0n) is 11.9. The highest BCUT2D eigenvalue weighted by Gasteiger charge is 2.11. The van der Waals surface area contributed by atoms with Crippen LogP contribution in [0.15, 0.2) is 18.5 Å². The van der Waals surface area contributed by atoms with Crippen LogP contribution >= 0.6 is 0 Å². The molecule has 0 aliphatic heterocycles. The Hall–Kier alpha value is -1.98. The lowest BCUT2D eigenvalue weighted by Crippen LogP contribution is -2.12. The number of anilines is 1. The Bertz CT molecular complexity index is 531. The topological polar surface area (TPSA) is 56.9 Å². The predicted octanol–water partition coefficient (Wildman–Crippen LogP) is 2.21. The Kier molecular flexibility index (Phi) is 4.09. The maximum absolute atomic E-state index is 5.22. The summed E-state index contributed by atoms with van der Waals surface area (Å²) in [5.74, 6) is 0.608. The van der Waals surface area contributed by atoms with Crippen molar-refractivity contribution < 1.29 is 4.74 Å². The van der Waals surface area contributed by atoms with Gasteiger partial charge in [-0.1, -0.05) is 6.92 Å². The number of aryl methyl sites for hydroxylation is 1. The molecule has 1 atom stereocenters. The first-order chi connectivity index (χ1) is 9.15. The van der Waals surface area contributed by atoms with Crippen LogP contribution in [0, 0.1) is 0 Å². The highest BCUT2D eigenvalue weighted by atomic mass is 16.5. The summed E-state index contributed by atoms with van der Waals surface area (Å²) in [4.78, 5) is 0. The average Bonchev–Trinajstić information content (AvgIpc) is 3.01. The van der Waals surface area contributed by atoms with Crippen LogP contribution in [0.5, 0.6) is 5.88 Å². The zero-order valence-corrected chi connectivity index (χ0v) is 11.9. The Morgan fingerprint density at radius 2 is 2.26 bits per heavy atom. The van der Waals surface area contributed by atoms with Gasteiger partial charge in [0.25, 0.3) is 5.88 Å². The average molecular weight is 263 g/mol. The van der Waals surface area contributed by atoms with E-state index in [2.05, 4.69) is 34.0 Å². The van der Waals surface area contributed by atoms with Crippen LogP contribution in [-0.4, -0.2) is 26.7 Å². The van der Waals surface area contributed by atoms with E-state index >= 15 is 0 Å². The van der Waals surface area contributed by atoms with Gasteiger partial charge in [-0.3, -0.25) is 9.36 Å². The van der Waals surface area contributed by atoms with Gasteiger partial charge in [-0.05, 0) is 19.4 Å². The van der Waals surface area contributed by atoms with Gasteiger partial charge in [-0.2, -0.15) is 5.10 Å². The number of methoxy groups -OCH3 is 1. The SMILES string of the molecule is CC[C@@H](C)n1nccc1CNc1cn(C)nc1OC. The summed E-state index contributed by atoms with van der Waals surface area (Å²) in [5.41, 5.74) is 2.04. The van der Waals surface area contributed by atoms with Gasteiger partial charge < -0.3 is 10.1 Å². The summed E-state index contributed by atoms with van der Waals surface area (Å²) in [7, 11) is 3.49. The molecule has 0 aliphatic rings. The predicted molar refractivity (Wildman–Crippen MR) is 74.3 cm³/mol. The lowest BCUT2D eigenvalue weighted by atomic mass is 10.2. The summed E-state index contributed by atoms with van der Waals surface area (Å²) < 4.78 is 9.00. The number of rotatable bonds is 6. The first-order valence-corrected chi connectivity index (χ1v) is 6.49. The molecule has 2 heterocycles. The van der Waals surface area contributed by atoms with Gasteiger partial charge in [0.15, 0.2) is 0 Å². The van der Waals surface area contributed by atoms with E-state index in [9.17, 15) is 0 Å². The van der Waals surface area contributed by atoms with Crippen LogP contribution in [0.2, 0.25) is 0 Å². The summed E-state index contributed by atoms with van der Waals surface area (Å²) in [6, 6.07) is 2.43. The van der Waals surface area contributed by atoms with E-state index in [1.807, 2.05) is 25.5 Å². The zero-order chi connectivity index (χ0) is 13.8. The van der Waals surface area contributed by atoms with Crippen LogP contribution in [0.3, 0.4) is 0 Å². The van der Waals surface area contributed by atoms with Gasteiger partial charge in [-0.15, -0.1) is 5.10 Å². The minimum atomic E-state index is 0.405. The van der Waals surface area contributed by atoms with Crippen LogP contribution in [0.1, 0.15) is 32.0 Å². The second-order valence-electron chi connectivity index (χ2n) is 4.60. The molecule has 0 amide bonds. The summed E-state index contributed by atoms with van der Waals surface area (Å²) >= 11 is 0. The molecule has 0 saturated carbocycles. The Morgan fingerprint density at radius 3 is 2.95 bits per heavy atom. The standard InChI is InChI=1S/C13H21N5O/c1-5-10(2)18-11(6-7-15-18)8-14-12-9-17(3)16-13(12)19-4/h6-7,9-10,14H,5,8H2,1-4H3/t10-/m1/s1. The monoisotopic (exact) mass is 263 g/mol. The Labute approximate surface area is 113 Å². The molecule has 6 nitrogen and oxygen atoms in total. The molecule has 2 rings (SSSR count). The fourth-order valence-corrected chi connectivity index (χ4v) is 1.98. The summed E-state index contributed by atoms with van der Waals surface area (Å²) in [6.07, 6.45) is 4.80. The van der Waals surface area contributed by atoms with Gasteiger partial charge in [0.1, 0.15) is 5.69 Å². The van der Waals surface area contributed by atoms with Crippen molar-refractivity contribution in [1.29, 1.82) is 0 Å². The lowest BCUT2D eigenvalue weighted by Gasteiger charge is -2.14. The van der Waals surface area contributed by atoms with Crippen molar-refractivity contribution >= 4 is 5.69 Å². The van der Waals surface area contributed by atoms with Crippen LogP contribution in [0.4, 0.5) is 5.69 Å². The molecular weight excluding hydrogens is 242 g/mol. The normalized spacial score (nSPS) is 12.4. The van der Waals surface area contributed by atoms with Gasteiger partial charge in [0.05, 0.1) is 25.5 Å². The van der Waals surface area contributed by atoms with Crippen molar-refractivity contribution in [3.05, 3.63) is 24.2 Å². The van der Waals surface area contributed by atoms with Gasteiger partial charge in [0.2, 0.25) is 0 Å². The van der Waals surface area contributed by atoms with Crippen LogP contribution in [-0.2, 0) is 13.6 Å². The molecule has 0 bridgehead atoms. The third kappa shape index (κ3) is 2.89. The van der Waals surface area contributed by atoms with Crippen molar-refractivity contribution in [1.82, 2.24) is 19.6 Å². The molecule has 0 radical (unpaired) electrons. The van der Waals surface area contributed by atoms with E-state index in [4.69, 9.17) is 4.74 Å². The quantitative estimate of drug-likeness (QED) is 0.868. The Morgan fingerprint density at radius 1 is 1.47 bits per heavy atom. The molecule has 0 fully saturated rings. The van der Waals surface area contributed by atoms with Crippen LogP contribution < -0.4 is 10.1 Å². The molecule has 0 aliphatic carbocycles. The summed E-state index contributed by atoms with van der Waals surface area (Å²) in [6.45, 7) is 5.03. The molecule has 1 N–H and O–H groups in total. The second-order valence-corrected chi connectivity index (χ2v) is 4.60. The smallest absolute Gasteiger partial charge is 0.256 e. The van der Waals surface area contributed by atoms with Crippen molar-refractivity contribution in [3.63, 3.8) is 0 Å². The molecular formula is C13H21N5O. The van der Waals surface area contributed by atoms with Gasteiger partial charge >= 0.3 is 0 Å². The molecule has 6 heteroatoms. The highest BCUT2D eigenvalue weighted by Crippen LogP contribution is 2.22. The summed E-state index contributed by atoms with van der Waals surface area (Å²) in [5, 5.41) is 11.9. The van der Waals surface area contributed by atoms with E-state index in [0.717, 1.165) is 17.8 Å². The molecule has 2 aromatic heterocycles. The van der Waals surface area contributed by atoms with Gasteiger partial charge in [0, 0.05) is 19.3 Å². The van der Waals surface area contributed by atoms with E-state index in [-0.39, 0.29) is 0 Å². The van der Waals surface area contributed by atoms with Crippen molar-refractivity contribution in [2.45, 2.75) is 32.9 Å². The maximum Gasteiger partial charge on any atom is 0.256 e. The minimum absolute atomic E-state index is 0.405. The number of hydrogen-bond acceptors (Lipinski definition) is 4. The van der Waals surface area contributed by atoms with Gasteiger partial charge in [-0.25, -0.2) is 0 Å².